The Labute approximate surface area is 141 Å². The summed E-state index contributed by atoms with van der Waals surface area (Å²) >= 11 is 0. The Hall–Kier alpha value is -1.54. The van der Waals surface area contributed by atoms with Crippen molar-refractivity contribution >= 4 is 5.69 Å². The van der Waals surface area contributed by atoms with Crippen LogP contribution in [0.4, 0.5) is 5.69 Å². The average Bonchev–Trinajstić information content (AvgIpc) is 2.65. The number of benzene rings is 1. The lowest BCUT2D eigenvalue weighted by Crippen LogP contribution is -2.44. The molecule has 1 aromatic carbocycles. The summed E-state index contributed by atoms with van der Waals surface area (Å²) in [4.78, 5) is 2.66. The number of hydrogen-bond donors (Lipinski definition) is 1. The maximum Gasteiger partial charge on any atom is 0.0404 e. The second-order valence-electron chi connectivity index (χ2n) is 6.84. The number of anilines is 1. The molecule has 2 atom stereocenters. The fourth-order valence-corrected chi connectivity index (χ4v) is 3.99. The van der Waals surface area contributed by atoms with Crippen molar-refractivity contribution in [3.8, 4) is 0 Å². The van der Waals surface area contributed by atoms with Gasteiger partial charge in [-0.2, -0.15) is 0 Å². The van der Waals surface area contributed by atoms with E-state index in [1.165, 1.54) is 56.2 Å². The van der Waals surface area contributed by atoms with Crippen LogP contribution in [0.3, 0.4) is 0 Å². The third kappa shape index (κ3) is 4.26. The fraction of sp³-hybridized carbons (Fsp3) is 0.524. The number of nitrogens with one attached hydrogen (secondary N) is 1. The molecule has 0 bridgehead atoms. The van der Waals surface area contributed by atoms with Crippen LogP contribution < -0.4 is 10.2 Å². The topological polar surface area (TPSA) is 15.3 Å². The third-order valence-electron chi connectivity index (χ3n) is 5.30. The Bertz CT molecular complexity index is 547. The minimum absolute atomic E-state index is 0.650. The zero-order valence-electron chi connectivity index (χ0n) is 14.4. The normalized spacial score (nSPS) is 28.5. The summed E-state index contributed by atoms with van der Waals surface area (Å²) in [5.74, 6) is 0. The molecule has 1 aliphatic heterocycles. The summed E-state index contributed by atoms with van der Waals surface area (Å²) in [6.07, 6.45) is 17.9. The van der Waals surface area contributed by atoms with Crippen LogP contribution in [-0.4, -0.2) is 25.7 Å². The van der Waals surface area contributed by atoms with Crippen molar-refractivity contribution in [1.29, 1.82) is 0 Å². The number of aryl methyl sites for hydroxylation is 1. The van der Waals surface area contributed by atoms with Gasteiger partial charge in [-0.15, -0.1) is 0 Å². The molecule has 1 fully saturated rings. The van der Waals surface area contributed by atoms with Crippen molar-refractivity contribution in [1.82, 2.24) is 5.32 Å². The van der Waals surface area contributed by atoms with Gasteiger partial charge in [0, 0.05) is 24.3 Å². The van der Waals surface area contributed by atoms with Gasteiger partial charge in [-0.25, -0.2) is 0 Å². The molecule has 3 rings (SSSR count). The van der Waals surface area contributed by atoms with Crippen LogP contribution in [0, 0.1) is 0 Å². The third-order valence-corrected chi connectivity index (χ3v) is 5.30. The van der Waals surface area contributed by atoms with Gasteiger partial charge < -0.3 is 10.2 Å². The van der Waals surface area contributed by atoms with Crippen molar-refractivity contribution < 1.29 is 0 Å². The van der Waals surface area contributed by atoms with E-state index in [0.29, 0.717) is 12.1 Å². The van der Waals surface area contributed by atoms with E-state index in [-0.39, 0.29) is 0 Å². The number of para-hydroxylation sites is 1. The van der Waals surface area contributed by atoms with E-state index in [0.717, 1.165) is 6.54 Å². The molecule has 2 nitrogen and oxygen atoms in total. The van der Waals surface area contributed by atoms with Gasteiger partial charge in [0.05, 0.1) is 0 Å². The highest BCUT2D eigenvalue weighted by Gasteiger charge is 2.26. The molecule has 1 heterocycles. The Balaban J connectivity index is 1.88. The molecule has 1 aliphatic carbocycles. The van der Waals surface area contributed by atoms with Crippen LogP contribution in [0.25, 0.3) is 0 Å². The fourth-order valence-electron chi connectivity index (χ4n) is 3.99. The highest BCUT2D eigenvalue weighted by Crippen LogP contribution is 2.31. The van der Waals surface area contributed by atoms with Crippen LogP contribution in [0.1, 0.15) is 44.1 Å². The second kappa shape index (κ2) is 8.35. The quantitative estimate of drug-likeness (QED) is 0.867. The van der Waals surface area contributed by atoms with Gasteiger partial charge in [0.1, 0.15) is 0 Å². The maximum absolute atomic E-state index is 3.50. The first-order chi connectivity index (χ1) is 11.4. The van der Waals surface area contributed by atoms with E-state index in [1.807, 2.05) is 0 Å². The lowest BCUT2D eigenvalue weighted by Gasteiger charge is -2.39. The minimum atomic E-state index is 0.650. The van der Waals surface area contributed by atoms with Crippen molar-refractivity contribution in [3.63, 3.8) is 0 Å². The van der Waals surface area contributed by atoms with E-state index in [4.69, 9.17) is 0 Å². The Morgan fingerprint density at radius 2 is 1.91 bits per heavy atom. The molecule has 2 heteroatoms. The first-order valence-electron chi connectivity index (χ1n) is 9.22. The van der Waals surface area contributed by atoms with Gasteiger partial charge in [0.15, 0.2) is 0 Å². The van der Waals surface area contributed by atoms with E-state index in [1.54, 1.807) is 0 Å². The zero-order valence-corrected chi connectivity index (χ0v) is 14.4. The van der Waals surface area contributed by atoms with Gasteiger partial charge in [-0.05, 0) is 63.6 Å². The molecule has 2 unspecified atom stereocenters. The summed E-state index contributed by atoms with van der Waals surface area (Å²) in [5.41, 5.74) is 2.98. The van der Waals surface area contributed by atoms with Crippen LogP contribution in [0.2, 0.25) is 0 Å². The maximum atomic E-state index is 3.50. The molecule has 1 N–H and O–H groups in total. The number of nitrogens with zero attached hydrogens (tertiary/aromatic N) is 1. The summed E-state index contributed by atoms with van der Waals surface area (Å²) < 4.78 is 0. The molecule has 0 aromatic heterocycles. The van der Waals surface area contributed by atoms with Crippen molar-refractivity contribution in [2.45, 2.75) is 57.0 Å². The summed E-state index contributed by atoms with van der Waals surface area (Å²) in [6.45, 7) is 1.02. The first kappa shape index (κ1) is 16.3. The van der Waals surface area contributed by atoms with Gasteiger partial charge in [-0.1, -0.05) is 42.5 Å². The predicted molar refractivity (Wildman–Crippen MR) is 100 cm³/mol. The van der Waals surface area contributed by atoms with Crippen molar-refractivity contribution in [3.05, 3.63) is 54.1 Å². The predicted octanol–water partition coefficient (Wildman–Crippen LogP) is 4.47. The number of allylic oxidation sites excluding steroid dienone is 3. The molecule has 0 radical (unpaired) electrons. The first-order valence-corrected chi connectivity index (χ1v) is 9.22. The molecule has 0 saturated heterocycles. The van der Waals surface area contributed by atoms with Crippen LogP contribution in [-0.2, 0) is 6.42 Å². The molecular weight excluding hydrogens is 280 g/mol. The van der Waals surface area contributed by atoms with E-state index in [9.17, 15) is 0 Å². The van der Waals surface area contributed by atoms with E-state index >= 15 is 0 Å². The Kier molecular flexibility index (Phi) is 5.93. The van der Waals surface area contributed by atoms with Crippen molar-refractivity contribution in [2.24, 2.45) is 0 Å². The second-order valence-corrected chi connectivity index (χ2v) is 6.84. The van der Waals surface area contributed by atoms with Gasteiger partial charge >= 0.3 is 0 Å². The summed E-state index contributed by atoms with van der Waals surface area (Å²) in [7, 11) is 2.11. The SMILES string of the molecule is CNC1CCCC(N2C/C=C\C=C/CCCc3ccccc32)C1. The lowest BCUT2D eigenvalue weighted by atomic mass is 9.89. The lowest BCUT2D eigenvalue weighted by molar-refractivity contribution is 0.344. The molecule has 1 aromatic rings. The monoisotopic (exact) mass is 310 g/mol. The number of rotatable bonds is 2. The molecule has 23 heavy (non-hydrogen) atoms. The molecule has 0 amide bonds. The zero-order chi connectivity index (χ0) is 15.9. The average molecular weight is 310 g/mol. The highest BCUT2D eigenvalue weighted by atomic mass is 15.2. The smallest absolute Gasteiger partial charge is 0.0404 e. The summed E-state index contributed by atoms with van der Waals surface area (Å²) in [6, 6.07) is 10.4. The molecule has 2 aliphatic rings. The minimum Gasteiger partial charge on any atom is -0.365 e. The van der Waals surface area contributed by atoms with Crippen LogP contribution in [0.15, 0.2) is 48.6 Å². The van der Waals surface area contributed by atoms with Gasteiger partial charge in [0.2, 0.25) is 0 Å². The van der Waals surface area contributed by atoms with Gasteiger partial charge in [-0.3, -0.25) is 0 Å². The van der Waals surface area contributed by atoms with E-state index in [2.05, 4.69) is 65.8 Å². The van der Waals surface area contributed by atoms with Crippen LogP contribution in [0.5, 0.6) is 0 Å². The highest BCUT2D eigenvalue weighted by molar-refractivity contribution is 5.55. The van der Waals surface area contributed by atoms with Crippen LogP contribution >= 0.6 is 0 Å². The largest absolute Gasteiger partial charge is 0.365 e. The number of hydrogen-bond acceptors (Lipinski definition) is 2. The molecule has 0 spiro atoms. The standard InChI is InChI=1S/C21H30N2/c1-22-19-13-10-14-20(17-19)23-16-9-5-3-2-4-6-11-18-12-7-8-15-21(18)23/h2-3,5,7-9,12,15,19-20,22H,4,6,10-11,13-14,16-17H2,1H3/b3-2-,9-5-. The Morgan fingerprint density at radius 1 is 1.04 bits per heavy atom. The number of fused-ring (bicyclic) bond motifs is 1. The molecule has 1 saturated carbocycles. The van der Waals surface area contributed by atoms with Gasteiger partial charge in [0.25, 0.3) is 0 Å². The van der Waals surface area contributed by atoms with Crippen molar-refractivity contribution in [2.75, 3.05) is 18.5 Å². The molecular formula is C21H30N2. The molecule has 124 valence electrons. The summed E-state index contributed by atoms with van der Waals surface area (Å²) in [5, 5.41) is 3.50. The Morgan fingerprint density at radius 3 is 2.83 bits per heavy atom. The van der Waals surface area contributed by atoms with E-state index < -0.39 is 0 Å².